The smallest absolute Gasteiger partial charge is 0.311 e. The van der Waals surface area contributed by atoms with E-state index in [1.807, 2.05) is 36.9 Å². The van der Waals surface area contributed by atoms with Crippen molar-refractivity contribution in [3.05, 3.63) is 29.3 Å². The SMILES string of the molecule is Cc1ccc(C)c(NC(=O)COC(=O)[C@H]2CC(=O)N(C3CCCC3)C2)c1. The van der Waals surface area contributed by atoms with Gasteiger partial charge in [0.05, 0.1) is 5.92 Å². The molecule has 2 fully saturated rings. The van der Waals surface area contributed by atoms with E-state index in [0.29, 0.717) is 6.54 Å². The molecule has 1 atom stereocenters. The van der Waals surface area contributed by atoms with E-state index in [1.54, 1.807) is 0 Å². The Morgan fingerprint density at radius 3 is 2.69 bits per heavy atom. The fourth-order valence-electron chi connectivity index (χ4n) is 3.77. The van der Waals surface area contributed by atoms with Gasteiger partial charge in [-0.2, -0.15) is 0 Å². The van der Waals surface area contributed by atoms with E-state index in [4.69, 9.17) is 4.74 Å². The molecule has 0 aromatic heterocycles. The van der Waals surface area contributed by atoms with Gasteiger partial charge in [0.15, 0.2) is 6.61 Å². The summed E-state index contributed by atoms with van der Waals surface area (Å²) < 4.78 is 5.16. The van der Waals surface area contributed by atoms with Crippen molar-refractivity contribution in [3.63, 3.8) is 0 Å². The standard InChI is InChI=1S/C20H26N2O4/c1-13-7-8-14(2)17(9-13)21-18(23)12-26-20(25)15-10-19(24)22(11-15)16-5-3-4-6-16/h7-9,15-16H,3-6,10-12H2,1-2H3,(H,21,23)/t15-/m0/s1. The molecule has 1 aliphatic heterocycles. The molecule has 1 saturated heterocycles. The predicted octanol–water partition coefficient (Wildman–Crippen LogP) is 2.58. The monoisotopic (exact) mass is 358 g/mol. The summed E-state index contributed by atoms with van der Waals surface area (Å²) in [6.07, 6.45) is 4.51. The lowest BCUT2D eigenvalue weighted by molar-refractivity contribution is -0.151. The molecule has 2 aliphatic rings. The molecule has 140 valence electrons. The van der Waals surface area contributed by atoms with Crippen LogP contribution in [0.15, 0.2) is 18.2 Å². The van der Waals surface area contributed by atoms with Gasteiger partial charge in [-0.1, -0.05) is 25.0 Å². The summed E-state index contributed by atoms with van der Waals surface area (Å²) >= 11 is 0. The van der Waals surface area contributed by atoms with Crippen molar-refractivity contribution in [3.8, 4) is 0 Å². The van der Waals surface area contributed by atoms with E-state index >= 15 is 0 Å². The second kappa shape index (κ2) is 7.89. The van der Waals surface area contributed by atoms with Gasteiger partial charge < -0.3 is 15.0 Å². The van der Waals surface area contributed by atoms with Crippen LogP contribution in [-0.2, 0) is 19.1 Å². The molecular weight excluding hydrogens is 332 g/mol. The summed E-state index contributed by atoms with van der Waals surface area (Å²) in [5.41, 5.74) is 2.71. The molecule has 1 heterocycles. The predicted molar refractivity (Wildman–Crippen MR) is 97.6 cm³/mol. The molecular formula is C20H26N2O4. The number of rotatable bonds is 5. The van der Waals surface area contributed by atoms with E-state index in [-0.39, 0.29) is 30.9 Å². The molecule has 1 aromatic rings. The number of nitrogens with one attached hydrogen (secondary N) is 1. The maximum Gasteiger partial charge on any atom is 0.311 e. The number of likely N-dealkylation sites (tertiary alicyclic amines) is 1. The number of carbonyl (C=O) groups is 3. The first-order valence-electron chi connectivity index (χ1n) is 9.27. The molecule has 0 radical (unpaired) electrons. The van der Waals surface area contributed by atoms with Crippen molar-refractivity contribution in [1.82, 2.24) is 4.90 Å². The van der Waals surface area contributed by atoms with Crippen molar-refractivity contribution >= 4 is 23.5 Å². The highest BCUT2D eigenvalue weighted by Crippen LogP contribution is 2.29. The van der Waals surface area contributed by atoms with E-state index in [1.165, 1.54) is 0 Å². The summed E-state index contributed by atoms with van der Waals surface area (Å²) in [6, 6.07) is 6.05. The van der Waals surface area contributed by atoms with Gasteiger partial charge in [-0.15, -0.1) is 0 Å². The number of hydrogen-bond acceptors (Lipinski definition) is 4. The van der Waals surface area contributed by atoms with Crippen LogP contribution in [0.25, 0.3) is 0 Å². The van der Waals surface area contributed by atoms with Crippen molar-refractivity contribution in [2.45, 2.75) is 52.0 Å². The van der Waals surface area contributed by atoms with Crippen LogP contribution >= 0.6 is 0 Å². The maximum absolute atomic E-state index is 12.2. The number of nitrogens with zero attached hydrogens (tertiary/aromatic N) is 1. The molecule has 1 aromatic carbocycles. The summed E-state index contributed by atoms with van der Waals surface area (Å²) in [4.78, 5) is 38.3. The number of amides is 2. The molecule has 6 heteroatoms. The fourth-order valence-corrected chi connectivity index (χ4v) is 3.77. The number of aryl methyl sites for hydroxylation is 2. The summed E-state index contributed by atoms with van der Waals surface area (Å²) in [5.74, 6) is -1.27. The molecule has 3 rings (SSSR count). The first-order chi connectivity index (χ1) is 12.4. The molecule has 6 nitrogen and oxygen atoms in total. The Balaban J connectivity index is 1.48. The average Bonchev–Trinajstić information content (AvgIpc) is 3.25. The first-order valence-corrected chi connectivity index (χ1v) is 9.27. The van der Waals surface area contributed by atoms with Crippen LogP contribution in [0.5, 0.6) is 0 Å². The Labute approximate surface area is 153 Å². The Bertz CT molecular complexity index is 710. The topological polar surface area (TPSA) is 75.7 Å². The fraction of sp³-hybridized carbons (Fsp3) is 0.550. The lowest BCUT2D eigenvalue weighted by Crippen LogP contribution is -2.35. The zero-order valence-electron chi connectivity index (χ0n) is 15.4. The Hall–Kier alpha value is -2.37. The third-order valence-electron chi connectivity index (χ3n) is 5.27. The maximum atomic E-state index is 12.2. The number of anilines is 1. The van der Waals surface area contributed by atoms with E-state index in [2.05, 4.69) is 5.32 Å². The second-order valence-corrected chi connectivity index (χ2v) is 7.36. The lowest BCUT2D eigenvalue weighted by Gasteiger charge is -2.23. The molecule has 1 N–H and O–H groups in total. The lowest BCUT2D eigenvalue weighted by atomic mass is 10.1. The van der Waals surface area contributed by atoms with Crippen molar-refractivity contribution in [2.24, 2.45) is 5.92 Å². The molecule has 0 unspecified atom stereocenters. The molecule has 26 heavy (non-hydrogen) atoms. The third-order valence-corrected chi connectivity index (χ3v) is 5.27. The van der Waals surface area contributed by atoms with Crippen LogP contribution in [-0.4, -0.2) is 41.9 Å². The minimum absolute atomic E-state index is 0.0266. The Kier molecular flexibility index (Phi) is 5.59. The third kappa shape index (κ3) is 4.23. The number of benzene rings is 1. The largest absolute Gasteiger partial charge is 0.455 e. The van der Waals surface area contributed by atoms with Gasteiger partial charge in [-0.3, -0.25) is 14.4 Å². The zero-order valence-corrected chi connectivity index (χ0v) is 15.4. The average molecular weight is 358 g/mol. The van der Waals surface area contributed by atoms with Gasteiger partial charge in [0, 0.05) is 24.7 Å². The molecule has 1 saturated carbocycles. The quantitative estimate of drug-likeness (QED) is 0.821. The second-order valence-electron chi connectivity index (χ2n) is 7.36. The highest BCUT2D eigenvalue weighted by Gasteiger charge is 2.39. The van der Waals surface area contributed by atoms with Gasteiger partial charge in [0.1, 0.15) is 0 Å². The molecule has 2 amide bonds. The summed E-state index contributed by atoms with van der Waals surface area (Å²) in [5, 5.41) is 2.77. The molecule has 0 spiro atoms. The molecule has 0 bridgehead atoms. The minimum atomic E-state index is -0.463. The van der Waals surface area contributed by atoms with Gasteiger partial charge >= 0.3 is 5.97 Å². The van der Waals surface area contributed by atoms with Crippen LogP contribution in [0.1, 0.15) is 43.2 Å². The van der Waals surface area contributed by atoms with Crippen LogP contribution in [0, 0.1) is 19.8 Å². The molecule has 1 aliphatic carbocycles. The van der Waals surface area contributed by atoms with E-state index in [9.17, 15) is 14.4 Å². The van der Waals surface area contributed by atoms with Crippen LogP contribution in [0.4, 0.5) is 5.69 Å². The first kappa shape index (κ1) is 18.4. The number of hydrogen-bond donors (Lipinski definition) is 1. The van der Waals surface area contributed by atoms with Gasteiger partial charge in [0.2, 0.25) is 5.91 Å². The number of esters is 1. The highest BCUT2D eigenvalue weighted by atomic mass is 16.5. The Morgan fingerprint density at radius 1 is 1.23 bits per heavy atom. The van der Waals surface area contributed by atoms with Crippen LogP contribution in [0.3, 0.4) is 0 Å². The van der Waals surface area contributed by atoms with E-state index < -0.39 is 11.9 Å². The Morgan fingerprint density at radius 2 is 1.96 bits per heavy atom. The van der Waals surface area contributed by atoms with Crippen molar-refractivity contribution < 1.29 is 19.1 Å². The van der Waals surface area contributed by atoms with E-state index in [0.717, 1.165) is 42.5 Å². The number of ether oxygens (including phenoxy) is 1. The van der Waals surface area contributed by atoms with Crippen LogP contribution < -0.4 is 5.32 Å². The van der Waals surface area contributed by atoms with Crippen molar-refractivity contribution in [1.29, 1.82) is 0 Å². The number of carbonyl (C=O) groups excluding carboxylic acids is 3. The summed E-state index contributed by atoms with van der Waals surface area (Å²) in [6.45, 7) is 3.94. The summed E-state index contributed by atoms with van der Waals surface area (Å²) in [7, 11) is 0. The highest BCUT2D eigenvalue weighted by molar-refractivity contribution is 5.94. The van der Waals surface area contributed by atoms with Crippen molar-refractivity contribution in [2.75, 3.05) is 18.5 Å². The van der Waals surface area contributed by atoms with Gasteiger partial charge in [0.25, 0.3) is 5.91 Å². The normalized spacial score (nSPS) is 20.5. The zero-order chi connectivity index (χ0) is 18.7. The van der Waals surface area contributed by atoms with Crippen LogP contribution in [0.2, 0.25) is 0 Å². The van der Waals surface area contributed by atoms with Gasteiger partial charge in [-0.05, 0) is 43.9 Å². The minimum Gasteiger partial charge on any atom is -0.455 e. The van der Waals surface area contributed by atoms with Gasteiger partial charge in [-0.25, -0.2) is 0 Å².